The highest BCUT2D eigenvalue weighted by atomic mass is 35.5. The molecule has 0 aromatic carbocycles. The van der Waals surface area contributed by atoms with E-state index in [1.54, 1.807) is 32.1 Å². The predicted molar refractivity (Wildman–Crippen MR) is 192 cm³/mol. The van der Waals surface area contributed by atoms with Crippen molar-refractivity contribution in [2.75, 3.05) is 41.4 Å². The molecule has 0 aromatic rings. The van der Waals surface area contributed by atoms with Crippen LogP contribution in [-0.2, 0) is 38.1 Å². The molecule has 0 fully saturated rings. The number of hydrogen-bond donors (Lipinski definition) is 3. The van der Waals surface area contributed by atoms with E-state index in [0.29, 0.717) is 18.5 Å². The number of amides is 2. The Labute approximate surface area is 301 Å². The largest absolute Gasteiger partial charge is 0.459 e. The van der Waals surface area contributed by atoms with Crippen LogP contribution in [0.25, 0.3) is 0 Å². The van der Waals surface area contributed by atoms with Crippen molar-refractivity contribution in [1.82, 2.24) is 15.5 Å². The molecular weight excluding hydrogens is 668 g/mol. The first-order valence-corrected chi connectivity index (χ1v) is 16.2. The highest BCUT2D eigenvalue weighted by Gasteiger charge is 2.35. The molecule has 14 heteroatoms. The number of allylic oxidation sites excluding steroid dienone is 4. The summed E-state index contributed by atoms with van der Waals surface area (Å²) in [6.45, 7) is 11.5. The summed E-state index contributed by atoms with van der Waals surface area (Å²) in [5, 5.41) is 5.57. The second-order valence-corrected chi connectivity index (χ2v) is 12.6. The number of fused-ring (bicyclic) bond motifs is 2. The quantitative estimate of drug-likeness (QED) is 0.171. The number of esters is 1. The molecule has 4 N–H and O–H groups in total. The minimum Gasteiger partial charge on any atom is -0.459 e. The third kappa shape index (κ3) is 13.0. The fourth-order valence-corrected chi connectivity index (χ4v) is 5.65. The average Bonchev–Trinajstić information content (AvgIpc) is 3.03. The Kier molecular flexibility index (Phi) is 18.7. The maximum absolute atomic E-state index is 13.8. The van der Waals surface area contributed by atoms with E-state index in [9.17, 15) is 24.0 Å². The van der Waals surface area contributed by atoms with Crippen molar-refractivity contribution in [1.29, 1.82) is 0 Å². The Morgan fingerprint density at radius 2 is 1.80 bits per heavy atom. The van der Waals surface area contributed by atoms with E-state index in [0.717, 1.165) is 6.08 Å². The number of nitrogens with zero attached hydrogens (tertiary/aromatic N) is 1. The van der Waals surface area contributed by atoms with Gasteiger partial charge in [-0.15, -0.1) is 19.0 Å². The lowest BCUT2D eigenvalue weighted by Crippen LogP contribution is -2.40. The maximum atomic E-state index is 13.8. The van der Waals surface area contributed by atoms with Crippen LogP contribution in [0.1, 0.15) is 47.0 Å². The van der Waals surface area contributed by atoms with Crippen molar-refractivity contribution in [3.05, 3.63) is 71.1 Å². The second kappa shape index (κ2) is 21.2. The summed E-state index contributed by atoms with van der Waals surface area (Å²) in [6, 6.07) is 0. The van der Waals surface area contributed by atoms with Crippen LogP contribution in [0.5, 0.6) is 0 Å². The van der Waals surface area contributed by atoms with E-state index in [4.69, 9.17) is 24.7 Å². The minimum atomic E-state index is -1.02. The van der Waals surface area contributed by atoms with Gasteiger partial charge in [-0.05, 0) is 52.3 Å². The van der Waals surface area contributed by atoms with E-state index in [-0.39, 0.29) is 60.3 Å². The number of halogens is 1. The zero-order chi connectivity index (χ0) is 36.8. The SMILES string of the molecule is C=CCNC1=C2C[C@@H](C)C[C@H](OC)[C@H](OC(=O)CCN(C)C)[C@@H](C)/C=C(\C)[C@H](OC(N)=O)[C@@H](OC)/C=C\C=C(/C)C(=O)NC(=CC1=O)C2=O.Cl. The van der Waals surface area contributed by atoms with Crippen molar-refractivity contribution < 1.29 is 42.9 Å². The second-order valence-electron chi connectivity index (χ2n) is 12.6. The van der Waals surface area contributed by atoms with Gasteiger partial charge in [0.05, 0.1) is 23.9 Å². The smallest absolute Gasteiger partial charge is 0.405 e. The summed E-state index contributed by atoms with van der Waals surface area (Å²) in [6.07, 6.45) is 5.52. The molecule has 0 spiro atoms. The molecule has 50 heavy (non-hydrogen) atoms. The van der Waals surface area contributed by atoms with Crippen molar-refractivity contribution in [3.63, 3.8) is 0 Å². The maximum Gasteiger partial charge on any atom is 0.405 e. The number of nitrogens with one attached hydrogen (secondary N) is 2. The molecule has 2 rings (SSSR count). The zero-order valence-corrected chi connectivity index (χ0v) is 31.1. The molecule has 1 aliphatic carbocycles. The molecule has 278 valence electrons. The van der Waals surface area contributed by atoms with E-state index in [2.05, 4.69) is 17.2 Å². The molecular formula is C36H53ClN4O9. The molecule has 2 amide bonds. The Morgan fingerprint density at radius 1 is 1.12 bits per heavy atom. The first-order valence-electron chi connectivity index (χ1n) is 16.2. The summed E-state index contributed by atoms with van der Waals surface area (Å²) in [5.74, 6) is -2.68. The normalized spacial score (nSPS) is 28.2. The van der Waals surface area contributed by atoms with Crippen LogP contribution >= 0.6 is 12.4 Å². The fraction of sp³-hybridized carbons (Fsp3) is 0.528. The van der Waals surface area contributed by atoms with Gasteiger partial charge in [-0.3, -0.25) is 19.2 Å². The van der Waals surface area contributed by atoms with Crippen LogP contribution in [0, 0.1) is 11.8 Å². The summed E-state index contributed by atoms with van der Waals surface area (Å²) in [4.78, 5) is 67.1. The fourth-order valence-electron chi connectivity index (χ4n) is 5.65. The van der Waals surface area contributed by atoms with Gasteiger partial charge in [0.25, 0.3) is 5.91 Å². The highest BCUT2D eigenvalue weighted by Crippen LogP contribution is 2.30. The first-order chi connectivity index (χ1) is 23.1. The van der Waals surface area contributed by atoms with Crippen molar-refractivity contribution >= 4 is 41.9 Å². The first kappa shape index (κ1) is 44.0. The van der Waals surface area contributed by atoms with Gasteiger partial charge in [0, 0.05) is 50.4 Å². The van der Waals surface area contributed by atoms with Crippen LogP contribution in [0.15, 0.2) is 71.1 Å². The molecule has 2 aliphatic rings. The van der Waals surface area contributed by atoms with E-state index in [1.807, 2.05) is 38.9 Å². The third-order valence-electron chi connectivity index (χ3n) is 8.21. The summed E-state index contributed by atoms with van der Waals surface area (Å²) in [7, 11) is 6.65. The molecule has 0 saturated carbocycles. The topological polar surface area (TPSA) is 176 Å². The van der Waals surface area contributed by atoms with Crippen molar-refractivity contribution in [3.8, 4) is 0 Å². The number of rotatable bonds is 10. The number of Topliss-reactive ketones (excluding diaryl/α,β-unsaturated/α-hetero) is 1. The Morgan fingerprint density at radius 3 is 2.38 bits per heavy atom. The van der Waals surface area contributed by atoms with Crippen LogP contribution < -0.4 is 16.4 Å². The Balaban J connectivity index is 0.0000125. The van der Waals surface area contributed by atoms with Gasteiger partial charge >= 0.3 is 12.1 Å². The highest BCUT2D eigenvalue weighted by molar-refractivity contribution is 6.23. The lowest BCUT2D eigenvalue weighted by molar-refractivity contribution is -0.160. The zero-order valence-electron chi connectivity index (χ0n) is 30.3. The average molecular weight is 721 g/mol. The molecule has 0 unspecified atom stereocenters. The molecule has 0 aromatic heterocycles. The number of ether oxygens (including phenoxy) is 4. The van der Waals surface area contributed by atoms with Gasteiger partial charge in [-0.2, -0.15) is 0 Å². The number of hydrogen-bond acceptors (Lipinski definition) is 11. The van der Waals surface area contributed by atoms with E-state index >= 15 is 0 Å². The van der Waals surface area contributed by atoms with Crippen molar-refractivity contribution in [2.24, 2.45) is 17.6 Å². The Hall–Kier alpha value is -4.04. The van der Waals surface area contributed by atoms with Crippen molar-refractivity contribution in [2.45, 2.75) is 71.4 Å². The lowest BCUT2D eigenvalue weighted by Gasteiger charge is -2.33. The van der Waals surface area contributed by atoms with Crippen LogP contribution in [0.3, 0.4) is 0 Å². The van der Waals surface area contributed by atoms with E-state index in [1.165, 1.54) is 20.3 Å². The number of nitrogens with two attached hydrogens (primary N) is 1. The molecule has 1 heterocycles. The molecule has 2 bridgehead atoms. The molecule has 0 saturated heterocycles. The summed E-state index contributed by atoms with van der Waals surface area (Å²) in [5.41, 5.74) is 6.44. The van der Waals surface area contributed by atoms with Gasteiger partial charge < -0.3 is 40.2 Å². The van der Waals surface area contributed by atoms with Gasteiger partial charge in [-0.25, -0.2) is 4.79 Å². The molecule has 0 radical (unpaired) electrons. The van der Waals surface area contributed by atoms with Crippen LogP contribution in [0.2, 0.25) is 0 Å². The Bertz CT molecular complexity index is 1420. The van der Waals surface area contributed by atoms with Crippen LogP contribution in [-0.4, -0.2) is 100 Å². The summed E-state index contributed by atoms with van der Waals surface area (Å²) < 4.78 is 23.1. The molecule has 1 aliphatic heterocycles. The summed E-state index contributed by atoms with van der Waals surface area (Å²) >= 11 is 0. The monoisotopic (exact) mass is 720 g/mol. The number of methoxy groups -OCH3 is 2. The number of primary amides is 1. The number of carbonyl (C=O) groups excluding carboxylic acids is 5. The van der Waals surface area contributed by atoms with Gasteiger partial charge in [0.15, 0.2) is 6.10 Å². The van der Waals surface area contributed by atoms with E-state index < -0.39 is 59.9 Å². The van der Waals surface area contributed by atoms with Gasteiger partial charge in [0.1, 0.15) is 12.2 Å². The van der Waals surface area contributed by atoms with Gasteiger partial charge in [0.2, 0.25) is 11.6 Å². The predicted octanol–water partition coefficient (Wildman–Crippen LogP) is 3.46. The minimum absolute atomic E-state index is 0. The number of ketones is 2. The van der Waals surface area contributed by atoms with Crippen LogP contribution in [0.4, 0.5) is 4.79 Å². The lowest BCUT2D eigenvalue weighted by atomic mass is 9.85. The molecule has 13 nitrogen and oxygen atoms in total. The third-order valence-corrected chi connectivity index (χ3v) is 8.21. The molecule has 6 atom stereocenters. The van der Waals surface area contributed by atoms with Gasteiger partial charge in [-0.1, -0.05) is 44.2 Å². The standard InChI is InChI=1S/C36H52N4O9.ClH/c1-10-15-38-31-25-17-21(2)18-29(47-9)34(48-30(42)14-16-40(6)7)24(5)19-23(4)33(49-36(37)45)28(46-8)13-11-12-22(3)35(44)39-26(32(25)43)20-27(31)41;/h10-13,19-21,24,28-29,33-34,38H,1,14-18H2,2-9H3,(H2,37,45)(H,39,44);1H/b13-11-,22-12+,23-19+;/t21-,24+,28+,29+,33+,34-;/m1./s1. The number of carbonyl (C=O) groups is 5.